The summed E-state index contributed by atoms with van der Waals surface area (Å²) in [6.07, 6.45) is 0. The van der Waals surface area contributed by atoms with Crippen LogP contribution in [0.25, 0.3) is 0 Å². The van der Waals surface area contributed by atoms with Gasteiger partial charge in [-0.3, -0.25) is 14.5 Å². The largest absolute Gasteiger partial charge is 0.348 e. The molecular formula is C19H31N3O2. The van der Waals surface area contributed by atoms with Crippen molar-refractivity contribution >= 4 is 17.5 Å². The Hall–Kier alpha value is -1.88. The molecule has 0 atom stereocenters. The standard InChI is InChI=1S/C19H31N3O2/c1-13(2)15-9-8-10-16(14(3)4)19(15)20-17(23)11-22(7)12-18(24)21(5)6/h8-10,13-14H,11-12H2,1-7H3,(H,20,23). The summed E-state index contributed by atoms with van der Waals surface area (Å²) >= 11 is 0. The summed E-state index contributed by atoms with van der Waals surface area (Å²) in [4.78, 5) is 27.4. The third-order valence-electron chi connectivity index (χ3n) is 3.95. The lowest BCUT2D eigenvalue weighted by atomic mass is 9.92. The molecule has 1 N–H and O–H groups in total. The highest BCUT2D eigenvalue weighted by molar-refractivity contribution is 5.94. The van der Waals surface area contributed by atoms with Crippen LogP contribution in [0.1, 0.15) is 50.7 Å². The molecule has 0 saturated carbocycles. The number of nitrogens with one attached hydrogen (secondary N) is 1. The molecular weight excluding hydrogens is 302 g/mol. The molecule has 5 heteroatoms. The van der Waals surface area contributed by atoms with Crippen LogP contribution in [0.15, 0.2) is 18.2 Å². The number of hydrogen-bond acceptors (Lipinski definition) is 3. The van der Waals surface area contributed by atoms with E-state index in [9.17, 15) is 9.59 Å². The average molecular weight is 333 g/mol. The molecule has 0 aliphatic rings. The number of benzene rings is 1. The number of likely N-dealkylation sites (N-methyl/N-ethyl adjacent to an activating group) is 2. The molecule has 0 heterocycles. The van der Waals surface area contributed by atoms with Crippen molar-refractivity contribution in [1.29, 1.82) is 0 Å². The van der Waals surface area contributed by atoms with Gasteiger partial charge in [-0.1, -0.05) is 45.9 Å². The van der Waals surface area contributed by atoms with Crippen molar-refractivity contribution in [1.82, 2.24) is 9.80 Å². The van der Waals surface area contributed by atoms with Gasteiger partial charge in [0.15, 0.2) is 0 Å². The van der Waals surface area contributed by atoms with E-state index in [2.05, 4.69) is 45.1 Å². The highest BCUT2D eigenvalue weighted by atomic mass is 16.2. The van der Waals surface area contributed by atoms with E-state index >= 15 is 0 Å². The van der Waals surface area contributed by atoms with E-state index < -0.39 is 0 Å². The number of amides is 2. The van der Waals surface area contributed by atoms with Gasteiger partial charge in [-0.15, -0.1) is 0 Å². The van der Waals surface area contributed by atoms with Gasteiger partial charge in [0.05, 0.1) is 13.1 Å². The van der Waals surface area contributed by atoms with Crippen LogP contribution in [0.4, 0.5) is 5.69 Å². The van der Waals surface area contributed by atoms with E-state index in [1.54, 1.807) is 26.0 Å². The molecule has 0 saturated heterocycles. The number of anilines is 1. The molecule has 24 heavy (non-hydrogen) atoms. The van der Waals surface area contributed by atoms with Crippen LogP contribution in [-0.4, -0.2) is 55.8 Å². The minimum absolute atomic E-state index is 0.0178. The van der Waals surface area contributed by atoms with E-state index in [-0.39, 0.29) is 24.9 Å². The second-order valence-corrected chi connectivity index (χ2v) is 7.13. The molecule has 1 aromatic carbocycles. The quantitative estimate of drug-likeness (QED) is 0.835. The van der Waals surface area contributed by atoms with E-state index in [1.807, 2.05) is 6.07 Å². The molecule has 0 spiro atoms. The Morgan fingerprint density at radius 3 is 1.88 bits per heavy atom. The molecule has 0 fully saturated rings. The van der Waals surface area contributed by atoms with E-state index in [1.165, 1.54) is 4.90 Å². The Labute approximate surface area is 146 Å². The Kier molecular flexibility index (Phi) is 7.42. The van der Waals surface area contributed by atoms with Gasteiger partial charge in [0.1, 0.15) is 0 Å². The van der Waals surface area contributed by atoms with Gasteiger partial charge in [-0.25, -0.2) is 0 Å². The minimum Gasteiger partial charge on any atom is -0.348 e. The number of nitrogens with zero attached hydrogens (tertiary/aromatic N) is 2. The van der Waals surface area contributed by atoms with Crippen molar-refractivity contribution in [2.45, 2.75) is 39.5 Å². The molecule has 2 amide bonds. The van der Waals surface area contributed by atoms with Crippen molar-refractivity contribution in [2.75, 3.05) is 39.5 Å². The lowest BCUT2D eigenvalue weighted by Crippen LogP contribution is -2.38. The predicted molar refractivity (Wildman–Crippen MR) is 99.4 cm³/mol. The summed E-state index contributed by atoms with van der Waals surface area (Å²) in [5.41, 5.74) is 3.20. The van der Waals surface area contributed by atoms with E-state index in [0.29, 0.717) is 11.8 Å². The molecule has 1 aromatic rings. The van der Waals surface area contributed by atoms with Crippen LogP contribution in [-0.2, 0) is 9.59 Å². The van der Waals surface area contributed by atoms with Gasteiger partial charge in [-0.05, 0) is 30.0 Å². The zero-order valence-corrected chi connectivity index (χ0v) is 16.0. The number of carbonyl (C=O) groups is 2. The van der Waals surface area contributed by atoms with Crippen LogP contribution < -0.4 is 5.32 Å². The number of hydrogen-bond donors (Lipinski definition) is 1. The zero-order valence-electron chi connectivity index (χ0n) is 16.0. The van der Waals surface area contributed by atoms with Crippen molar-refractivity contribution < 1.29 is 9.59 Å². The fourth-order valence-corrected chi connectivity index (χ4v) is 2.55. The Morgan fingerprint density at radius 1 is 0.958 bits per heavy atom. The first-order chi connectivity index (χ1) is 11.1. The van der Waals surface area contributed by atoms with Crippen molar-refractivity contribution in [3.05, 3.63) is 29.3 Å². The number of carbonyl (C=O) groups excluding carboxylic acids is 2. The van der Waals surface area contributed by atoms with Crippen molar-refractivity contribution in [2.24, 2.45) is 0 Å². The van der Waals surface area contributed by atoms with Gasteiger partial charge in [0.25, 0.3) is 0 Å². The third-order valence-corrected chi connectivity index (χ3v) is 3.95. The molecule has 0 aromatic heterocycles. The highest BCUT2D eigenvalue weighted by Gasteiger charge is 2.17. The SMILES string of the molecule is CC(C)c1cccc(C(C)C)c1NC(=O)CN(C)CC(=O)N(C)C. The van der Waals surface area contributed by atoms with Gasteiger partial charge >= 0.3 is 0 Å². The second kappa shape index (κ2) is 8.83. The van der Waals surface area contributed by atoms with Gasteiger partial charge in [0.2, 0.25) is 11.8 Å². The minimum atomic E-state index is -0.0981. The van der Waals surface area contributed by atoms with E-state index in [0.717, 1.165) is 16.8 Å². The lowest BCUT2D eigenvalue weighted by molar-refractivity contribution is -0.130. The third kappa shape index (κ3) is 5.64. The summed E-state index contributed by atoms with van der Waals surface area (Å²) < 4.78 is 0. The summed E-state index contributed by atoms with van der Waals surface area (Å²) in [6, 6.07) is 6.17. The Morgan fingerprint density at radius 2 is 1.46 bits per heavy atom. The molecule has 5 nitrogen and oxygen atoms in total. The van der Waals surface area contributed by atoms with Gasteiger partial charge in [-0.2, -0.15) is 0 Å². The van der Waals surface area contributed by atoms with Crippen LogP contribution in [0.3, 0.4) is 0 Å². The summed E-state index contributed by atoms with van der Waals surface area (Å²) in [5, 5.41) is 3.07. The summed E-state index contributed by atoms with van der Waals surface area (Å²) in [6.45, 7) is 8.90. The second-order valence-electron chi connectivity index (χ2n) is 7.13. The Balaban J connectivity index is 2.88. The lowest BCUT2D eigenvalue weighted by Gasteiger charge is -2.22. The fraction of sp³-hybridized carbons (Fsp3) is 0.579. The molecule has 134 valence electrons. The first kappa shape index (κ1) is 20.2. The molecule has 0 radical (unpaired) electrons. The molecule has 0 unspecified atom stereocenters. The van der Waals surface area contributed by atoms with Crippen LogP contribution >= 0.6 is 0 Å². The summed E-state index contributed by atoms with van der Waals surface area (Å²) in [5.74, 6) is 0.536. The topological polar surface area (TPSA) is 52.7 Å². The summed E-state index contributed by atoms with van der Waals surface area (Å²) in [7, 11) is 5.20. The van der Waals surface area contributed by atoms with Crippen LogP contribution in [0, 0.1) is 0 Å². The first-order valence-electron chi connectivity index (χ1n) is 8.44. The average Bonchev–Trinajstić information content (AvgIpc) is 2.46. The Bertz CT molecular complexity index is 554. The highest BCUT2D eigenvalue weighted by Crippen LogP contribution is 2.32. The molecule has 0 bridgehead atoms. The predicted octanol–water partition coefficient (Wildman–Crippen LogP) is 2.89. The monoisotopic (exact) mass is 333 g/mol. The smallest absolute Gasteiger partial charge is 0.238 e. The van der Waals surface area contributed by atoms with Crippen molar-refractivity contribution in [3.63, 3.8) is 0 Å². The first-order valence-corrected chi connectivity index (χ1v) is 8.44. The molecule has 1 rings (SSSR count). The number of rotatable bonds is 7. The van der Waals surface area contributed by atoms with E-state index in [4.69, 9.17) is 0 Å². The van der Waals surface area contributed by atoms with Crippen LogP contribution in [0.5, 0.6) is 0 Å². The van der Waals surface area contributed by atoms with Crippen LogP contribution in [0.2, 0.25) is 0 Å². The molecule has 0 aliphatic heterocycles. The van der Waals surface area contributed by atoms with Crippen molar-refractivity contribution in [3.8, 4) is 0 Å². The maximum absolute atomic E-state index is 12.4. The maximum Gasteiger partial charge on any atom is 0.238 e. The fourth-order valence-electron chi connectivity index (χ4n) is 2.55. The number of para-hydroxylation sites is 1. The maximum atomic E-state index is 12.4. The van der Waals surface area contributed by atoms with Gasteiger partial charge in [0, 0.05) is 19.8 Å². The molecule has 0 aliphatic carbocycles. The zero-order chi connectivity index (χ0) is 18.4. The normalized spacial score (nSPS) is 11.2. The van der Waals surface area contributed by atoms with Gasteiger partial charge < -0.3 is 10.2 Å².